The molecule has 20 heavy (non-hydrogen) atoms. The third-order valence-electron chi connectivity index (χ3n) is 2.76. The highest BCUT2D eigenvalue weighted by Gasteiger charge is 2.27. The summed E-state index contributed by atoms with van der Waals surface area (Å²) in [5.41, 5.74) is -0.797. The molecule has 0 aliphatic heterocycles. The average molecular weight is 281 g/mol. The molecule has 0 aromatic heterocycles. The molecule has 1 rings (SSSR count). The molecule has 2 N–H and O–H groups in total. The summed E-state index contributed by atoms with van der Waals surface area (Å²) >= 11 is 0. The first-order valence-electron chi connectivity index (χ1n) is 5.88. The van der Waals surface area contributed by atoms with Crippen LogP contribution in [0.4, 0.5) is 11.4 Å². The Hall–Kier alpha value is -2.64. The second-order valence-electron chi connectivity index (χ2n) is 3.92. The van der Waals surface area contributed by atoms with E-state index < -0.39 is 22.1 Å². The highest BCUT2D eigenvalue weighted by molar-refractivity contribution is 5.96. The lowest BCUT2D eigenvalue weighted by Gasteiger charge is -2.22. The van der Waals surface area contributed by atoms with Gasteiger partial charge in [-0.2, -0.15) is 0 Å². The third-order valence-corrected chi connectivity index (χ3v) is 2.76. The molecule has 8 nitrogen and oxygen atoms in total. The summed E-state index contributed by atoms with van der Waals surface area (Å²) in [5, 5.41) is 22.6. The molecule has 0 bridgehead atoms. The normalized spacial score (nSPS) is 9.90. The van der Waals surface area contributed by atoms with E-state index >= 15 is 0 Å². The van der Waals surface area contributed by atoms with Crippen LogP contribution >= 0.6 is 0 Å². The van der Waals surface area contributed by atoms with E-state index in [4.69, 9.17) is 5.11 Å². The molecule has 0 heterocycles. The van der Waals surface area contributed by atoms with Crippen molar-refractivity contribution >= 4 is 23.3 Å². The van der Waals surface area contributed by atoms with Crippen LogP contribution in [0.15, 0.2) is 18.2 Å². The minimum Gasteiger partial charge on any atom is -0.477 e. The Labute approximate surface area is 115 Å². The van der Waals surface area contributed by atoms with Gasteiger partial charge in [-0.05, 0) is 19.1 Å². The maximum atomic E-state index is 11.4. The quantitative estimate of drug-likeness (QED) is 0.590. The Morgan fingerprint density at radius 2 is 2.10 bits per heavy atom. The zero-order chi connectivity index (χ0) is 15.3. The van der Waals surface area contributed by atoms with Crippen LogP contribution in [0.1, 0.15) is 17.3 Å². The number of nitro groups is 1. The number of nitrogens with one attached hydrogen (secondary N) is 1. The fourth-order valence-electron chi connectivity index (χ4n) is 1.77. The molecular formula is C12H15N3O5. The highest BCUT2D eigenvalue weighted by Crippen LogP contribution is 2.31. The lowest BCUT2D eigenvalue weighted by atomic mass is 10.1. The van der Waals surface area contributed by atoms with Crippen LogP contribution in [-0.4, -0.2) is 42.0 Å². The third kappa shape index (κ3) is 3.22. The zero-order valence-corrected chi connectivity index (χ0v) is 11.1. The Morgan fingerprint density at radius 3 is 2.55 bits per heavy atom. The Morgan fingerprint density at radius 1 is 1.45 bits per heavy atom. The molecule has 1 aromatic rings. The summed E-state index contributed by atoms with van der Waals surface area (Å²) in [6, 6.07) is 4.01. The number of hydrogen-bond donors (Lipinski definition) is 2. The molecule has 0 radical (unpaired) electrons. The minimum absolute atomic E-state index is 0.0864. The minimum atomic E-state index is -1.38. The van der Waals surface area contributed by atoms with E-state index in [9.17, 15) is 19.7 Å². The molecule has 0 unspecified atom stereocenters. The lowest BCUT2D eigenvalue weighted by molar-refractivity contribution is -0.384. The molecule has 1 amide bonds. The van der Waals surface area contributed by atoms with Gasteiger partial charge in [0.1, 0.15) is 11.3 Å². The number of carbonyl (C=O) groups is 2. The number of carboxylic acids is 1. The molecule has 0 saturated carbocycles. The van der Waals surface area contributed by atoms with E-state index in [0.717, 1.165) is 6.07 Å². The first-order valence-corrected chi connectivity index (χ1v) is 5.88. The summed E-state index contributed by atoms with van der Waals surface area (Å²) in [7, 11) is 1.46. The van der Waals surface area contributed by atoms with Crippen LogP contribution in [0.5, 0.6) is 0 Å². The van der Waals surface area contributed by atoms with Crippen LogP contribution in [0.3, 0.4) is 0 Å². The van der Waals surface area contributed by atoms with Gasteiger partial charge in [-0.3, -0.25) is 14.9 Å². The molecule has 0 fully saturated rings. The maximum absolute atomic E-state index is 11.4. The summed E-state index contributed by atoms with van der Waals surface area (Å²) < 4.78 is 0. The summed E-state index contributed by atoms with van der Waals surface area (Å²) in [6.07, 6.45) is 0. The van der Waals surface area contributed by atoms with Crippen LogP contribution < -0.4 is 10.2 Å². The number of amides is 1. The number of aromatic carboxylic acids is 1. The predicted octanol–water partition coefficient (Wildman–Crippen LogP) is 0.865. The van der Waals surface area contributed by atoms with E-state index in [1.807, 2.05) is 0 Å². The van der Waals surface area contributed by atoms with Gasteiger partial charge < -0.3 is 15.3 Å². The molecular weight excluding hydrogens is 266 g/mol. The standard InChI is InChI=1S/C12H15N3O5/c1-3-14(7-10(16)13-2)9-6-4-5-8(12(17)18)11(9)15(19)20/h4-6H,3,7H2,1-2H3,(H,13,16)(H,17,18). The number of anilines is 1. The molecule has 0 saturated heterocycles. The lowest BCUT2D eigenvalue weighted by Crippen LogP contribution is -2.36. The largest absolute Gasteiger partial charge is 0.477 e. The van der Waals surface area contributed by atoms with Crippen LogP contribution in [-0.2, 0) is 4.79 Å². The number of likely N-dealkylation sites (N-methyl/N-ethyl adjacent to an activating group) is 2. The first-order chi connectivity index (χ1) is 9.42. The molecule has 0 atom stereocenters. The Balaban J connectivity index is 3.34. The fourth-order valence-corrected chi connectivity index (χ4v) is 1.77. The van der Waals surface area contributed by atoms with Gasteiger partial charge in [0.15, 0.2) is 0 Å². The van der Waals surface area contributed by atoms with Crippen molar-refractivity contribution in [1.82, 2.24) is 5.32 Å². The number of carboxylic acid groups (broad SMARTS) is 1. The fraction of sp³-hybridized carbons (Fsp3) is 0.333. The van der Waals surface area contributed by atoms with E-state index in [0.29, 0.717) is 6.54 Å². The van der Waals surface area contributed by atoms with Crippen LogP contribution in [0, 0.1) is 10.1 Å². The number of rotatable bonds is 6. The van der Waals surface area contributed by atoms with Gasteiger partial charge in [0.05, 0.1) is 11.5 Å². The molecule has 8 heteroatoms. The summed E-state index contributed by atoms with van der Waals surface area (Å²) in [4.78, 5) is 34.3. The maximum Gasteiger partial charge on any atom is 0.342 e. The van der Waals surface area contributed by atoms with Crippen molar-refractivity contribution in [3.63, 3.8) is 0 Å². The van der Waals surface area contributed by atoms with Crippen LogP contribution in [0.25, 0.3) is 0 Å². The van der Waals surface area contributed by atoms with E-state index in [-0.39, 0.29) is 18.1 Å². The number of nitrogens with zero attached hydrogens (tertiary/aromatic N) is 2. The zero-order valence-electron chi connectivity index (χ0n) is 11.1. The smallest absolute Gasteiger partial charge is 0.342 e. The van der Waals surface area contributed by atoms with Crippen LogP contribution in [0.2, 0.25) is 0 Å². The molecule has 108 valence electrons. The second kappa shape index (κ2) is 6.50. The molecule has 1 aromatic carbocycles. The Kier molecular flexibility index (Phi) is 5.01. The number of para-hydroxylation sites is 1. The highest BCUT2D eigenvalue weighted by atomic mass is 16.6. The van der Waals surface area contributed by atoms with Gasteiger partial charge in [0, 0.05) is 13.6 Å². The predicted molar refractivity (Wildman–Crippen MR) is 72.0 cm³/mol. The number of carbonyl (C=O) groups excluding carboxylic acids is 1. The SMILES string of the molecule is CCN(CC(=O)NC)c1cccc(C(=O)O)c1[N+](=O)[O-]. The van der Waals surface area contributed by atoms with E-state index in [1.54, 1.807) is 6.92 Å². The van der Waals surface area contributed by atoms with Crippen molar-refractivity contribution in [2.45, 2.75) is 6.92 Å². The Bertz CT molecular complexity index is 544. The molecule has 0 spiro atoms. The first kappa shape index (κ1) is 15.4. The topological polar surface area (TPSA) is 113 Å². The van der Waals surface area contributed by atoms with Crippen molar-refractivity contribution in [2.24, 2.45) is 0 Å². The van der Waals surface area contributed by atoms with Crippen molar-refractivity contribution in [1.29, 1.82) is 0 Å². The number of hydrogen-bond acceptors (Lipinski definition) is 5. The van der Waals surface area contributed by atoms with Gasteiger partial charge in [0.25, 0.3) is 0 Å². The number of nitro benzene ring substituents is 1. The van der Waals surface area contributed by atoms with Gasteiger partial charge in [-0.1, -0.05) is 6.07 Å². The van der Waals surface area contributed by atoms with Crippen molar-refractivity contribution in [3.05, 3.63) is 33.9 Å². The second-order valence-corrected chi connectivity index (χ2v) is 3.92. The molecule has 0 aliphatic rings. The molecule has 0 aliphatic carbocycles. The average Bonchev–Trinajstić information content (AvgIpc) is 2.43. The number of benzene rings is 1. The summed E-state index contributed by atoms with van der Waals surface area (Å²) in [5.74, 6) is -1.70. The van der Waals surface area contributed by atoms with Gasteiger partial charge in [0.2, 0.25) is 5.91 Å². The van der Waals surface area contributed by atoms with Gasteiger partial charge in [-0.25, -0.2) is 4.79 Å². The van der Waals surface area contributed by atoms with Crippen molar-refractivity contribution in [3.8, 4) is 0 Å². The van der Waals surface area contributed by atoms with Crippen molar-refractivity contribution < 1.29 is 19.6 Å². The van der Waals surface area contributed by atoms with Gasteiger partial charge >= 0.3 is 11.7 Å². The van der Waals surface area contributed by atoms with E-state index in [2.05, 4.69) is 5.32 Å². The van der Waals surface area contributed by atoms with Crippen molar-refractivity contribution in [2.75, 3.05) is 25.0 Å². The van der Waals surface area contributed by atoms with Gasteiger partial charge in [-0.15, -0.1) is 0 Å². The van der Waals surface area contributed by atoms with E-state index in [1.165, 1.54) is 24.1 Å². The summed E-state index contributed by atoms with van der Waals surface area (Å²) in [6.45, 7) is 1.97. The monoisotopic (exact) mass is 281 g/mol.